The largest absolute Gasteiger partial charge is 0.507 e. The molecular weight excluding hydrogens is 647 g/mol. The summed E-state index contributed by atoms with van der Waals surface area (Å²) in [5.74, 6) is 2.73. The molecule has 4 heteroatoms. The molecule has 0 spiro atoms. The van der Waals surface area contributed by atoms with Gasteiger partial charge in [-0.3, -0.25) is 4.57 Å². The molecule has 0 amide bonds. The summed E-state index contributed by atoms with van der Waals surface area (Å²) in [5.41, 5.74) is 17.9. The van der Waals surface area contributed by atoms with Crippen molar-refractivity contribution in [2.24, 2.45) is 0 Å². The lowest BCUT2D eigenvalue weighted by Gasteiger charge is -2.22. The Kier molecular flexibility index (Phi) is 8.81. The number of phenols is 1. The van der Waals surface area contributed by atoms with Crippen LogP contribution in [-0.2, 0) is 6.42 Å². The first-order valence-electron chi connectivity index (χ1n) is 19.2. The molecule has 0 fully saturated rings. The number of rotatable bonds is 8. The van der Waals surface area contributed by atoms with Crippen LogP contribution in [0.3, 0.4) is 0 Å². The predicted octanol–water partition coefficient (Wildman–Crippen LogP) is 13.2. The van der Waals surface area contributed by atoms with Crippen LogP contribution in [0.2, 0.25) is 0 Å². The molecular formula is C49H49N3O. The van der Waals surface area contributed by atoms with Crippen LogP contribution in [0, 0.1) is 0 Å². The normalized spacial score (nSPS) is 12.5. The first-order valence-corrected chi connectivity index (χ1v) is 19.2. The fourth-order valence-electron chi connectivity index (χ4n) is 8.08. The summed E-state index contributed by atoms with van der Waals surface area (Å²) in [4.78, 5) is 10.6. The summed E-state index contributed by atoms with van der Waals surface area (Å²) < 4.78 is 2.38. The van der Waals surface area contributed by atoms with Crippen molar-refractivity contribution in [1.82, 2.24) is 14.5 Å². The number of pyridine rings is 1. The quantitative estimate of drug-likeness (QED) is 0.172. The molecule has 0 saturated heterocycles. The van der Waals surface area contributed by atoms with Crippen LogP contribution in [0.1, 0.15) is 112 Å². The molecule has 8 rings (SSSR count). The minimum absolute atomic E-state index is 0.281. The molecule has 0 bridgehead atoms. The van der Waals surface area contributed by atoms with E-state index in [1.54, 1.807) is 0 Å². The highest BCUT2D eigenvalue weighted by Gasteiger charge is 2.28. The number of aromatic hydroxyl groups is 1. The van der Waals surface area contributed by atoms with Crippen molar-refractivity contribution in [3.05, 3.63) is 143 Å². The third kappa shape index (κ3) is 6.04. The van der Waals surface area contributed by atoms with Gasteiger partial charge in [-0.25, -0.2) is 9.97 Å². The van der Waals surface area contributed by atoms with E-state index in [1.807, 2.05) is 6.07 Å². The van der Waals surface area contributed by atoms with Gasteiger partial charge < -0.3 is 5.11 Å². The molecule has 1 aliphatic carbocycles. The summed E-state index contributed by atoms with van der Waals surface area (Å²) in [6.07, 6.45) is 0.738. The van der Waals surface area contributed by atoms with E-state index in [-0.39, 0.29) is 5.75 Å². The number of imidazole rings is 1. The first-order chi connectivity index (χ1) is 25.5. The molecule has 4 nitrogen and oxygen atoms in total. The maximum absolute atomic E-state index is 11.4. The van der Waals surface area contributed by atoms with E-state index in [1.165, 1.54) is 39.1 Å². The molecule has 0 atom stereocenters. The Bertz CT molecular complexity index is 2460. The fourth-order valence-corrected chi connectivity index (χ4v) is 8.08. The number of aromatic nitrogens is 3. The summed E-state index contributed by atoms with van der Waals surface area (Å²) in [7, 11) is 0. The summed E-state index contributed by atoms with van der Waals surface area (Å²) in [6, 6.07) is 39.0. The maximum atomic E-state index is 11.4. The molecule has 0 radical (unpaired) electrons. The second-order valence-corrected chi connectivity index (χ2v) is 16.0. The number of phenolic OH excluding ortho intramolecular Hbond substituents is 1. The van der Waals surface area contributed by atoms with Crippen LogP contribution in [0.5, 0.6) is 5.75 Å². The molecule has 5 aromatic carbocycles. The van der Waals surface area contributed by atoms with Crippen molar-refractivity contribution in [3.8, 4) is 56.5 Å². The van der Waals surface area contributed by atoms with Gasteiger partial charge in [0, 0.05) is 23.1 Å². The van der Waals surface area contributed by atoms with Crippen molar-refractivity contribution in [1.29, 1.82) is 0 Å². The molecule has 2 heterocycles. The monoisotopic (exact) mass is 695 g/mol. The summed E-state index contributed by atoms with van der Waals surface area (Å²) in [6.45, 7) is 18.1. The zero-order valence-corrected chi connectivity index (χ0v) is 32.2. The highest BCUT2D eigenvalue weighted by molar-refractivity contribution is 5.89. The van der Waals surface area contributed by atoms with Gasteiger partial charge in [0.25, 0.3) is 0 Å². The second kappa shape index (κ2) is 13.5. The van der Waals surface area contributed by atoms with Gasteiger partial charge in [-0.1, -0.05) is 134 Å². The minimum atomic E-state index is 0.281. The minimum Gasteiger partial charge on any atom is -0.507 e. The Labute approximate surface area is 314 Å². The number of nitrogens with zero attached hydrogens (tertiary/aromatic N) is 3. The molecule has 1 aliphatic rings. The van der Waals surface area contributed by atoms with Gasteiger partial charge in [0.1, 0.15) is 11.6 Å². The van der Waals surface area contributed by atoms with Crippen LogP contribution in [0.4, 0.5) is 0 Å². The molecule has 266 valence electrons. The van der Waals surface area contributed by atoms with E-state index in [0.29, 0.717) is 23.7 Å². The highest BCUT2D eigenvalue weighted by Crippen LogP contribution is 2.47. The molecule has 2 aromatic heterocycles. The third-order valence-corrected chi connectivity index (χ3v) is 11.0. The Morgan fingerprint density at radius 3 is 1.92 bits per heavy atom. The standard InChI is InChI=1S/C49H49N3O/c1-28(2)35-24-36(29(3)4)26-37(25-35)40-20-22-45(53)46-41(40)27-33-19-21-42(50-47(33)46)32-13-11-14-34(23-32)49-51-43-17-9-10-18-44(43)52(49)48-38(30(5)6)15-12-16-39(48)31(7)8/h9-26,28-31,53H,27H2,1-8H3. The topological polar surface area (TPSA) is 50.9 Å². The highest BCUT2D eigenvalue weighted by atomic mass is 16.3. The molecule has 53 heavy (non-hydrogen) atoms. The zero-order valence-electron chi connectivity index (χ0n) is 32.2. The van der Waals surface area contributed by atoms with Crippen molar-refractivity contribution < 1.29 is 5.11 Å². The molecule has 1 N–H and O–H groups in total. The second-order valence-electron chi connectivity index (χ2n) is 16.0. The molecule has 0 unspecified atom stereocenters. The van der Waals surface area contributed by atoms with E-state index in [4.69, 9.17) is 9.97 Å². The van der Waals surface area contributed by atoms with Gasteiger partial charge in [0.15, 0.2) is 0 Å². The average molecular weight is 696 g/mol. The molecule has 0 aliphatic heterocycles. The Morgan fingerprint density at radius 2 is 1.25 bits per heavy atom. The van der Waals surface area contributed by atoms with E-state index in [0.717, 1.165) is 62.5 Å². The number of fused-ring (bicyclic) bond motifs is 4. The summed E-state index contributed by atoms with van der Waals surface area (Å²) >= 11 is 0. The first kappa shape index (κ1) is 34.6. The van der Waals surface area contributed by atoms with Crippen molar-refractivity contribution in [2.75, 3.05) is 0 Å². The van der Waals surface area contributed by atoms with Gasteiger partial charge in [-0.15, -0.1) is 0 Å². The Hall–Kier alpha value is -5.48. The smallest absolute Gasteiger partial charge is 0.145 e. The van der Waals surface area contributed by atoms with Crippen LogP contribution < -0.4 is 0 Å². The average Bonchev–Trinajstić information content (AvgIpc) is 3.74. The number of hydrogen-bond donors (Lipinski definition) is 1. The van der Waals surface area contributed by atoms with Gasteiger partial charge in [0.05, 0.1) is 28.1 Å². The van der Waals surface area contributed by atoms with Crippen molar-refractivity contribution >= 4 is 11.0 Å². The maximum Gasteiger partial charge on any atom is 0.145 e. The third-order valence-electron chi connectivity index (χ3n) is 11.0. The van der Waals surface area contributed by atoms with Crippen LogP contribution in [-0.4, -0.2) is 19.6 Å². The van der Waals surface area contributed by atoms with E-state index in [2.05, 4.69) is 163 Å². The van der Waals surface area contributed by atoms with Crippen molar-refractivity contribution in [3.63, 3.8) is 0 Å². The van der Waals surface area contributed by atoms with Crippen LogP contribution >= 0.6 is 0 Å². The SMILES string of the molecule is CC(C)c1cc(-c2ccc(O)c3c2Cc2ccc(-c4cccc(-c5nc6ccccc6n5-c5c(C(C)C)cccc5C(C)C)c4)nc2-3)cc(C(C)C)c1. The van der Waals surface area contributed by atoms with E-state index < -0.39 is 0 Å². The Morgan fingerprint density at radius 1 is 0.585 bits per heavy atom. The zero-order chi connectivity index (χ0) is 37.1. The lowest BCUT2D eigenvalue weighted by atomic mass is 9.88. The predicted molar refractivity (Wildman–Crippen MR) is 221 cm³/mol. The molecule has 7 aromatic rings. The van der Waals surface area contributed by atoms with E-state index in [9.17, 15) is 5.11 Å². The van der Waals surface area contributed by atoms with Crippen LogP contribution in [0.25, 0.3) is 61.8 Å². The molecule has 0 saturated carbocycles. The Balaban J connectivity index is 1.26. The van der Waals surface area contributed by atoms with Gasteiger partial charge in [-0.2, -0.15) is 0 Å². The van der Waals surface area contributed by atoms with Gasteiger partial charge in [-0.05, 0) is 98.5 Å². The van der Waals surface area contributed by atoms with Gasteiger partial charge >= 0.3 is 0 Å². The van der Waals surface area contributed by atoms with Gasteiger partial charge in [0.2, 0.25) is 0 Å². The number of benzene rings is 5. The van der Waals surface area contributed by atoms with Crippen molar-refractivity contribution in [2.45, 2.75) is 85.5 Å². The summed E-state index contributed by atoms with van der Waals surface area (Å²) in [5, 5.41) is 11.4. The lowest BCUT2D eigenvalue weighted by molar-refractivity contribution is 0.477. The lowest BCUT2D eigenvalue weighted by Crippen LogP contribution is -2.08. The number of para-hydroxylation sites is 3. The number of hydrogen-bond acceptors (Lipinski definition) is 3. The fraction of sp³-hybridized carbons (Fsp3) is 0.265. The van der Waals surface area contributed by atoms with Crippen LogP contribution in [0.15, 0.2) is 109 Å². The van der Waals surface area contributed by atoms with E-state index >= 15 is 0 Å².